The van der Waals surface area contributed by atoms with Gasteiger partial charge in [0.05, 0.1) is 11.1 Å². The van der Waals surface area contributed by atoms with Crippen LogP contribution in [0.2, 0.25) is 0 Å². The Labute approximate surface area is 160 Å². The molecule has 0 unspecified atom stereocenters. The van der Waals surface area contributed by atoms with Crippen molar-refractivity contribution in [2.45, 2.75) is 44.1 Å². The van der Waals surface area contributed by atoms with Crippen molar-refractivity contribution in [3.63, 3.8) is 0 Å². The standard InChI is InChI=1S/C18H22F6N2.ClH/c19-17(20,21)13-5-6-15(18(22,23)24)14(11-13)16(12-3-1-2-4-12)26-9-7-25-8-10-26;/h5-6,11-12,16,25H,1-4,7-10H2;1H/t16-;/m1./s1. The summed E-state index contributed by atoms with van der Waals surface area (Å²) in [5, 5.41) is 3.15. The largest absolute Gasteiger partial charge is 0.416 e. The van der Waals surface area contributed by atoms with Crippen LogP contribution < -0.4 is 5.32 Å². The van der Waals surface area contributed by atoms with Gasteiger partial charge in [-0.3, -0.25) is 4.90 Å². The lowest BCUT2D eigenvalue weighted by molar-refractivity contribution is -0.142. The Morgan fingerprint density at radius 1 is 0.926 bits per heavy atom. The molecule has 0 aromatic heterocycles. The topological polar surface area (TPSA) is 15.3 Å². The van der Waals surface area contributed by atoms with Crippen molar-refractivity contribution >= 4 is 12.4 Å². The number of benzene rings is 1. The van der Waals surface area contributed by atoms with Crippen molar-refractivity contribution < 1.29 is 26.3 Å². The summed E-state index contributed by atoms with van der Waals surface area (Å²) in [5.74, 6) is -0.0438. The van der Waals surface area contributed by atoms with E-state index in [2.05, 4.69) is 5.32 Å². The summed E-state index contributed by atoms with van der Waals surface area (Å²) in [6.07, 6.45) is -6.02. The molecule has 1 aromatic rings. The minimum atomic E-state index is -4.68. The second-order valence-corrected chi connectivity index (χ2v) is 7.07. The van der Waals surface area contributed by atoms with Gasteiger partial charge in [0.25, 0.3) is 0 Å². The Kier molecular flexibility index (Phi) is 7.08. The highest BCUT2D eigenvalue weighted by atomic mass is 35.5. The zero-order valence-corrected chi connectivity index (χ0v) is 15.5. The Morgan fingerprint density at radius 3 is 2.04 bits per heavy atom. The second-order valence-electron chi connectivity index (χ2n) is 7.07. The van der Waals surface area contributed by atoms with Gasteiger partial charge in [-0.1, -0.05) is 12.8 Å². The van der Waals surface area contributed by atoms with Crippen molar-refractivity contribution in [1.82, 2.24) is 10.2 Å². The van der Waals surface area contributed by atoms with Gasteiger partial charge >= 0.3 is 12.4 Å². The van der Waals surface area contributed by atoms with E-state index < -0.39 is 29.5 Å². The molecular formula is C18H23ClF6N2. The zero-order valence-electron chi connectivity index (χ0n) is 14.7. The molecule has 1 heterocycles. The number of hydrogen-bond donors (Lipinski definition) is 1. The van der Waals surface area contributed by atoms with Gasteiger partial charge < -0.3 is 5.32 Å². The van der Waals surface area contributed by atoms with Crippen LogP contribution >= 0.6 is 12.4 Å². The lowest BCUT2D eigenvalue weighted by atomic mass is 9.86. The number of rotatable bonds is 3. The van der Waals surface area contributed by atoms with Gasteiger partial charge in [-0.05, 0) is 42.5 Å². The molecule has 2 nitrogen and oxygen atoms in total. The molecule has 1 aromatic carbocycles. The van der Waals surface area contributed by atoms with Crippen molar-refractivity contribution in [2.24, 2.45) is 5.92 Å². The van der Waals surface area contributed by atoms with Gasteiger partial charge in [0.15, 0.2) is 0 Å². The first kappa shape index (κ1) is 22.3. The summed E-state index contributed by atoms with van der Waals surface area (Å²) < 4.78 is 80.3. The summed E-state index contributed by atoms with van der Waals surface area (Å²) in [6.45, 7) is 2.33. The van der Waals surface area contributed by atoms with E-state index in [4.69, 9.17) is 0 Å². The third kappa shape index (κ3) is 5.09. The van der Waals surface area contributed by atoms with E-state index in [0.29, 0.717) is 38.3 Å². The van der Waals surface area contributed by atoms with E-state index in [9.17, 15) is 26.3 Å². The maximum atomic E-state index is 13.6. The minimum absolute atomic E-state index is 0. The predicted molar refractivity (Wildman–Crippen MR) is 92.8 cm³/mol. The normalized spacial score (nSPS) is 21.1. The smallest absolute Gasteiger partial charge is 0.314 e. The van der Waals surface area contributed by atoms with E-state index in [-0.39, 0.29) is 23.9 Å². The summed E-state index contributed by atoms with van der Waals surface area (Å²) in [5.41, 5.74) is -2.18. The Bertz CT molecular complexity index is 619. The fraction of sp³-hybridized carbons (Fsp3) is 0.667. The molecule has 0 bridgehead atoms. The fourth-order valence-electron chi connectivity index (χ4n) is 4.22. The quantitative estimate of drug-likeness (QED) is 0.674. The number of hydrogen-bond acceptors (Lipinski definition) is 2. The minimum Gasteiger partial charge on any atom is -0.314 e. The van der Waals surface area contributed by atoms with Crippen LogP contribution in [0.4, 0.5) is 26.3 Å². The van der Waals surface area contributed by atoms with Gasteiger partial charge in [0.1, 0.15) is 0 Å². The molecule has 1 atom stereocenters. The van der Waals surface area contributed by atoms with Gasteiger partial charge in [0, 0.05) is 32.2 Å². The average molecular weight is 417 g/mol. The zero-order chi connectivity index (χ0) is 18.9. The third-order valence-corrected chi connectivity index (χ3v) is 5.39. The highest BCUT2D eigenvalue weighted by Crippen LogP contribution is 2.45. The maximum Gasteiger partial charge on any atom is 0.416 e. The van der Waals surface area contributed by atoms with Crippen LogP contribution in [0.1, 0.15) is 48.4 Å². The van der Waals surface area contributed by atoms with Gasteiger partial charge in [-0.2, -0.15) is 26.3 Å². The molecule has 1 aliphatic heterocycles. The van der Waals surface area contributed by atoms with Crippen molar-refractivity contribution in [1.29, 1.82) is 0 Å². The number of alkyl halides is 6. The van der Waals surface area contributed by atoms with Crippen molar-refractivity contribution in [2.75, 3.05) is 26.2 Å². The molecule has 3 rings (SSSR count). The van der Waals surface area contributed by atoms with E-state index in [1.54, 1.807) is 0 Å². The SMILES string of the molecule is Cl.FC(F)(F)c1ccc(C(F)(F)F)c([C@@H](C2CCCC2)N2CCNCC2)c1. The molecule has 1 N–H and O–H groups in total. The summed E-state index contributed by atoms with van der Waals surface area (Å²) in [7, 11) is 0. The maximum absolute atomic E-state index is 13.6. The lowest BCUT2D eigenvalue weighted by Crippen LogP contribution is -2.47. The number of halogens is 7. The number of nitrogens with one attached hydrogen (secondary N) is 1. The van der Waals surface area contributed by atoms with E-state index >= 15 is 0 Å². The molecule has 0 spiro atoms. The first-order valence-electron chi connectivity index (χ1n) is 8.91. The molecule has 1 saturated heterocycles. The Balaban J connectivity index is 0.00000261. The van der Waals surface area contributed by atoms with E-state index in [1.165, 1.54) is 0 Å². The monoisotopic (exact) mass is 416 g/mol. The molecule has 1 aliphatic carbocycles. The summed E-state index contributed by atoms with van der Waals surface area (Å²) >= 11 is 0. The van der Waals surface area contributed by atoms with Crippen LogP contribution in [0.15, 0.2) is 18.2 Å². The molecule has 2 aliphatic rings. The van der Waals surface area contributed by atoms with Crippen molar-refractivity contribution in [3.8, 4) is 0 Å². The molecular weight excluding hydrogens is 394 g/mol. The van der Waals surface area contributed by atoms with E-state index in [0.717, 1.165) is 31.7 Å². The molecule has 0 radical (unpaired) electrons. The molecule has 2 fully saturated rings. The lowest BCUT2D eigenvalue weighted by Gasteiger charge is -2.40. The average Bonchev–Trinajstić information content (AvgIpc) is 3.08. The predicted octanol–water partition coefficient (Wildman–Crippen LogP) is 5.28. The molecule has 27 heavy (non-hydrogen) atoms. The van der Waals surface area contributed by atoms with Gasteiger partial charge in [-0.15, -0.1) is 12.4 Å². The van der Waals surface area contributed by atoms with Crippen LogP contribution in [0.3, 0.4) is 0 Å². The van der Waals surface area contributed by atoms with Crippen LogP contribution in [-0.4, -0.2) is 31.1 Å². The number of nitrogens with zero attached hydrogens (tertiary/aromatic N) is 1. The first-order chi connectivity index (χ1) is 12.2. The third-order valence-electron chi connectivity index (χ3n) is 5.39. The highest BCUT2D eigenvalue weighted by Gasteiger charge is 2.42. The Morgan fingerprint density at radius 2 is 1.52 bits per heavy atom. The Hall–Kier alpha value is -0.990. The van der Waals surface area contributed by atoms with Crippen LogP contribution in [0.25, 0.3) is 0 Å². The molecule has 154 valence electrons. The number of piperazine rings is 1. The molecule has 9 heteroatoms. The van der Waals surface area contributed by atoms with E-state index in [1.807, 2.05) is 4.90 Å². The first-order valence-corrected chi connectivity index (χ1v) is 8.91. The van der Waals surface area contributed by atoms with Gasteiger partial charge in [0.2, 0.25) is 0 Å². The van der Waals surface area contributed by atoms with Crippen LogP contribution in [0, 0.1) is 5.92 Å². The van der Waals surface area contributed by atoms with Crippen LogP contribution in [0.5, 0.6) is 0 Å². The summed E-state index contributed by atoms with van der Waals surface area (Å²) in [4.78, 5) is 1.93. The highest BCUT2D eigenvalue weighted by molar-refractivity contribution is 5.85. The summed E-state index contributed by atoms with van der Waals surface area (Å²) in [6, 6.07) is 1.24. The second kappa shape index (κ2) is 8.57. The van der Waals surface area contributed by atoms with Crippen molar-refractivity contribution in [3.05, 3.63) is 34.9 Å². The van der Waals surface area contributed by atoms with Gasteiger partial charge in [-0.25, -0.2) is 0 Å². The van der Waals surface area contributed by atoms with Crippen LogP contribution in [-0.2, 0) is 12.4 Å². The molecule has 0 amide bonds. The molecule has 1 saturated carbocycles. The fourth-order valence-corrected chi connectivity index (χ4v) is 4.22.